The van der Waals surface area contributed by atoms with Crippen LogP contribution in [0, 0.1) is 19.3 Å². The maximum absolute atomic E-state index is 13.4. The summed E-state index contributed by atoms with van der Waals surface area (Å²) in [6, 6.07) is 10.6. The highest BCUT2D eigenvalue weighted by molar-refractivity contribution is 7.12. The Morgan fingerprint density at radius 3 is 2.47 bits per heavy atom. The van der Waals surface area contributed by atoms with Crippen molar-refractivity contribution >= 4 is 28.8 Å². The third-order valence-electron chi connectivity index (χ3n) is 9.39. The maximum atomic E-state index is 13.4. The smallest absolute Gasteiger partial charge is 0.339 e. The number of rotatable bonds is 3. The van der Waals surface area contributed by atoms with Gasteiger partial charge in [-0.3, -0.25) is 0 Å². The molecule has 0 radical (unpaired) electrons. The number of anilines is 1. The minimum absolute atomic E-state index is 0.292. The Labute approximate surface area is 271 Å². The van der Waals surface area contributed by atoms with Crippen molar-refractivity contribution in [3.8, 4) is 22.5 Å². The zero-order valence-electron chi connectivity index (χ0n) is 27.9. The predicted molar refractivity (Wildman–Crippen MR) is 181 cm³/mol. The summed E-state index contributed by atoms with van der Waals surface area (Å²) in [5.41, 5.74) is 5.99. The zero-order valence-corrected chi connectivity index (χ0v) is 28.7. The van der Waals surface area contributed by atoms with Gasteiger partial charge in [0.1, 0.15) is 5.82 Å². The summed E-state index contributed by atoms with van der Waals surface area (Å²) in [6.45, 7) is 14.2. The second kappa shape index (κ2) is 12.5. The van der Waals surface area contributed by atoms with Gasteiger partial charge in [0.15, 0.2) is 11.8 Å². The average Bonchev–Trinajstić information content (AvgIpc) is 3.59. The van der Waals surface area contributed by atoms with Gasteiger partial charge in [0, 0.05) is 40.9 Å². The molecule has 9 heteroatoms. The molecule has 0 unspecified atom stereocenters. The van der Waals surface area contributed by atoms with Gasteiger partial charge in [-0.15, -0.1) is 11.3 Å². The Balaban J connectivity index is 1.54. The Kier molecular flexibility index (Phi) is 8.78. The zero-order chi connectivity index (χ0) is 31.9. The highest BCUT2D eigenvalue weighted by atomic mass is 32.1. The molecule has 3 aromatic heterocycles. The van der Waals surface area contributed by atoms with Crippen molar-refractivity contribution in [2.75, 3.05) is 25.1 Å². The molecule has 0 aliphatic carbocycles. The van der Waals surface area contributed by atoms with Gasteiger partial charge in [-0.1, -0.05) is 44.4 Å². The fourth-order valence-corrected chi connectivity index (χ4v) is 7.94. The van der Waals surface area contributed by atoms with Gasteiger partial charge < -0.3 is 14.4 Å². The van der Waals surface area contributed by atoms with Crippen molar-refractivity contribution in [1.29, 1.82) is 0 Å². The number of methoxy groups -OCH3 is 1. The van der Waals surface area contributed by atoms with Crippen LogP contribution in [0.3, 0.4) is 0 Å². The van der Waals surface area contributed by atoms with E-state index in [0.717, 1.165) is 82.6 Å². The largest absolute Gasteiger partial charge is 0.467 e. The van der Waals surface area contributed by atoms with Gasteiger partial charge in [0.05, 0.1) is 34.7 Å². The quantitative estimate of drug-likeness (QED) is 0.211. The highest BCUT2D eigenvalue weighted by Gasteiger charge is 2.38. The van der Waals surface area contributed by atoms with E-state index in [1.165, 1.54) is 44.1 Å². The summed E-state index contributed by atoms with van der Waals surface area (Å²) in [4.78, 5) is 27.1. The molecule has 6 heterocycles. The van der Waals surface area contributed by atoms with Crippen LogP contribution < -0.4 is 4.90 Å². The van der Waals surface area contributed by atoms with Crippen LogP contribution in [0.25, 0.3) is 28.2 Å². The number of aromatic nitrogens is 4. The first-order valence-corrected chi connectivity index (χ1v) is 17.2. The summed E-state index contributed by atoms with van der Waals surface area (Å²) >= 11 is 1.82. The number of fused-ring (bicyclic) bond motifs is 7. The van der Waals surface area contributed by atoms with E-state index in [2.05, 4.69) is 49.1 Å². The van der Waals surface area contributed by atoms with E-state index in [1.54, 1.807) is 0 Å². The number of aryl methyl sites for hydroxylation is 3. The van der Waals surface area contributed by atoms with Crippen molar-refractivity contribution in [1.82, 2.24) is 19.6 Å². The molecule has 4 aromatic rings. The molecule has 1 aromatic carbocycles. The van der Waals surface area contributed by atoms with Gasteiger partial charge in [-0.25, -0.2) is 14.8 Å². The fraction of sp³-hybridized carbons (Fsp3) is 0.556. The molecule has 45 heavy (non-hydrogen) atoms. The first-order chi connectivity index (χ1) is 21.4. The number of piperidine rings is 1. The number of hydrogen-bond acceptors (Lipinski definition) is 8. The lowest BCUT2D eigenvalue weighted by atomic mass is 9.76. The van der Waals surface area contributed by atoms with Crippen molar-refractivity contribution in [2.45, 2.75) is 105 Å². The maximum Gasteiger partial charge on any atom is 0.339 e. The van der Waals surface area contributed by atoms with Crippen LogP contribution in [0.5, 0.6) is 0 Å². The van der Waals surface area contributed by atoms with Crippen LogP contribution in [0.15, 0.2) is 30.3 Å². The Bertz CT molecular complexity index is 1690. The summed E-state index contributed by atoms with van der Waals surface area (Å²) in [7, 11) is 1.42. The number of thiazole rings is 1. The third kappa shape index (κ3) is 6.66. The van der Waals surface area contributed by atoms with E-state index in [0.29, 0.717) is 5.41 Å². The van der Waals surface area contributed by atoms with Gasteiger partial charge in [-0.2, -0.15) is 9.61 Å². The van der Waals surface area contributed by atoms with E-state index < -0.39 is 17.7 Å². The molecule has 3 aliphatic heterocycles. The fourth-order valence-electron chi connectivity index (χ4n) is 6.94. The van der Waals surface area contributed by atoms with E-state index in [1.807, 2.05) is 43.5 Å². The molecule has 6 bridgehead atoms. The summed E-state index contributed by atoms with van der Waals surface area (Å²) < 4.78 is 13.7. The number of hydrogen-bond donors (Lipinski definition) is 0. The molecule has 3 aliphatic rings. The molecule has 1 saturated heterocycles. The lowest BCUT2D eigenvalue weighted by Crippen LogP contribution is -2.41. The molecule has 240 valence electrons. The first kappa shape index (κ1) is 31.7. The Morgan fingerprint density at radius 1 is 1.00 bits per heavy atom. The molecular weight excluding hydrogens is 582 g/mol. The van der Waals surface area contributed by atoms with Gasteiger partial charge in [0.25, 0.3) is 0 Å². The van der Waals surface area contributed by atoms with Gasteiger partial charge in [-0.05, 0) is 78.2 Å². The van der Waals surface area contributed by atoms with Crippen LogP contribution in [0.2, 0.25) is 0 Å². The Hall–Kier alpha value is -3.30. The lowest BCUT2D eigenvalue weighted by Gasteiger charge is -2.41. The van der Waals surface area contributed by atoms with Crippen molar-refractivity contribution in [3.05, 3.63) is 51.5 Å². The van der Waals surface area contributed by atoms with E-state index in [-0.39, 0.29) is 0 Å². The third-order valence-corrected chi connectivity index (χ3v) is 10.4. The number of benzene rings is 1. The van der Waals surface area contributed by atoms with Crippen LogP contribution in [-0.2, 0) is 20.7 Å². The number of carbonyl (C=O) groups excluding carboxylic acids is 1. The molecule has 7 rings (SSSR count). The second-order valence-corrected chi connectivity index (χ2v) is 15.5. The summed E-state index contributed by atoms with van der Waals surface area (Å²) in [6.07, 6.45) is 8.49. The molecule has 1 fully saturated rings. The average molecular weight is 630 g/mol. The van der Waals surface area contributed by atoms with Crippen LogP contribution in [0.4, 0.5) is 5.82 Å². The van der Waals surface area contributed by atoms with Gasteiger partial charge >= 0.3 is 5.97 Å². The first-order valence-electron chi connectivity index (χ1n) is 16.4. The molecule has 0 saturated carbocycles. The van der Waals surface area contributed by atoms with Crippen LogP contribution >= 0.6 is 11.3 Å². The number of esters is 1. The highest BCUT2D eigenvalue weighted by Crippen LogP contribution is 2.42. The topological polar surface area (TPSA) is 81.8 Å². The molecular formula is C36H47N5O3S. The predicted octanol–water partition coefficient (Wildman–Crippen LogP) is 8.28. The van der Waals surface area contributed by atoms with Crippen molar-refractivity contribution in [2.24, 2.45) is 5.41 Å². The number of ether oxygens (including phenoxy) is 2. The molecule has 8 nitrogen and oxygen atoms in total. The minimum atomic E-state index is -0.931. The molecule has 0 spiro atoms. The SMILES string of the molecule is COC(=O)[C@@H](OC(C)(C)C)c1c(C)nc2cc3nn2c1N1CCC(C)(CCCCCCc2sc(C)nc2-c2cccc-3c2)CC1. The Morgan fingerprint density at radius 2 is 1.73 bits per heavy atom. The second-order valence-electron chi connectivity index (χ2n) is 14.2. The van der Waals surface area contributed by atoms with E-state index in [9.17, 15) is 4.79 Å². The minimum Gasteiger partial charge on any atom is -0.467 e. The number of carbonyl (C=O) groups is 1. The number of nitrogens with zero attached hydrogens (tertiary/aromatic N) is 5. The van der Waals surface area contributed by atoms with Gasteiger partial charge in [0.2, 0.25) is 0 Å². The van der Waals surface area contributed by atoms with Crippen LogP contribution in [0.1, 0.15) is 99.9 Å². The van der Waals surface area contributed by atoms with E-state index in [4.69, 9.17) is 24.5 Å². The van der Waals surface area contributed by atoms with Crippen molar-refractivity contribution < 1.29 is 14.3 Å². The molecule has 0 N–H and O–H groups in total. The van der Waals surface area contributed by atoms with Crippen LogP contribution in [-0.4, -0.2) is 51.4 Å². The van der Waals surface area contributed by atoms with E-state index >= 15 is 0 Å². The van der Waals surface area contributed by atoms with Crippen molar-refractivity contribution in [3.63, 3.8) is 0 Å². The molecule has 1 atom stereocenters. The monoisotopic (exact) mass is 629 g/mol. The summed E-state index contributed by atoms with van der Waals surface area (Å²) in [5, 5.41) is 6.30. The standard InChI is InChI=1S/C36H47N5O3S/c1-23-30(32(34(42)43-7)44-35(3,4)5)33-40-19-17-36(6,18-20-40)16-11-9-8-10-15-28-31(38-24(2)45-28)26-14-12-13-25(21-26)27-22-29(37-23)41(33)39-27/h12-14,21-22,32H,8-11,15-20H2,1-7H3/t32-/m0/s1. The normalized spacial score (nSPS) is 17.9. The lowest BCUT2D eigenvalue weighted by molar-refractivity contribution is -0.164. The summed E-state index contributed by atoms with van der Waals surface area (Å²) in [5.74, 6) is 0.439. The molecule has 0 amide bonds.